The number of rotatable bonds is 7. The lowest BCUT2D eigenvalue weighted by Crippen LogP contribution is -2.22. The number of fused-ring (bicyclic) bond motifs is 1. The molecule has 3 aromatic rings. The van der Waals surface area contributed by atoms with Crippen molar-refractivity contribution in [3.05, 3.63) is 59.5 Å². The number of aromatic amines is 2. The maximum atomic E-state index is 12.5. The third kappa shape index (κ3) is 4.80. The molecule has 0 bridgehead atoms. The molecule has 0 atom stereocenters. The van der Waals surface area contributed by atoms with Crippen LogP contribution in [0.5, 0.6) is 0 Å². The van der Waals surface area contributed by atoms with E-state index in [-0.39, 0.29) is 18.1 Å². The minimum absolute atomic E-state index is 0.0171. The summed E-state index contributed by atoms with van der Waals surface area (Å²) in [5.74, 6) is -3.40. The van der Waals surface area contributed by atoms with E-state index in [4.69, 9.17) is 5.26 Å². The van der Waals surface area contributed by atoms with Gasteiger partial charge in [0.15, 0.2) is 5.69 Å². The molecular formula is C19H16N8O4. The summed E-state index contributed by atoms with van der Waals surface area (Å²) in [7, 11) is 0. The Morgan fingerprint density at radius 3 is 2.94 bits per heavy atom. The number of hydrogen-bond acceptors (Lipinski definition) is 9. The summed E-state index contributed by atoms with van der Waals surface area (Å²) in [6, 6.07) is 9.28. The van der Waals surface area contributed by atoms with Gasteiger partial charge >= 0.3 is 5.97 Å². The third-order valence-electron chi connectivity index (χ3n) is 3.87. The van der Waals surface area contributed by atoms with Crippen molar-refractivity contribution in [1.29, 1.82) is 5.26 Å². The van der Waals surface area contributed by atoms with Crippen LogP contribution in [0.25, 0.3) is 10.9 Å². The number of esters is 1. The molecule has 2 heterocycles. The van der Waals surface area contributed by atoms with Crippen LogP contribution in [-0.2, 0) is 14.3 Å². The molecule has 1 aromatic carbocycles. The maximum Gasteiger partial charge on any atom is 0.376 e. The first-order valence-corrected chi connectivity index (χ1v) is 8.90. The highest BCUT2D eigenvalue weighted by atomic mass is 16.5. The van der Waals surface area contributed by atoms with E-state index in [2.05, 4.69) is 40.4 Å². The lowest BCUT2D eigenvalue weighted by Gasteiger charge is -2.04. The predicted molar refractivity (Wildman–Crippen MR) is 108 cm³/mol. The molecule has 31 heavy (non-hydrogen) atoms. The van der Waals surface area contributed by atoms with E-state index in [0.717, 1.165) is 10.9 Å². The van der Waals surface area contributed by atoms with Crippen LogP contribution in [0.4, 0.5) is 5.82 Å². The number of carbonyl (C=O) groups is 2. The Balaban J connectivity index is 1.84. The van der Waals surface area contributed by atoms with Crippen LogP contribution in [0, 0.1) is 11.3 Å². The smallest absolute Gasteiger partial charge is 0.376 e. The Morgan fingerprint density at radius 1 is 1.35 bits per heavy atom. The summed E-state index contributed by atoms with van der Waals surface area (Å²) in [5, 5.41) is 31.0. The van der Waals surface area contributed by atoms with Crippen molar-refractivity contribution in [3.8, 4) is 6.07 Å². The third-order valence-corrected chi connectivity index (χ3v) is 3.87. The average molecular weight is 420 g/mol. The molecule has 0 saturated carbocycles. The highest BCUT2D eigenvalue weighted by Gasteiger charge is 2.22. The first kappa shape index (κ1) is 20.9. The average Bonchev–Trinajstić information content (AvgIpc) is 3.40. The second-order valence-electron chi connectivity index (χ2n) is 5.82. The van der Waals surface area contributed by atoms with Crippen molar-refractivity contribution >= 4 is 34.8 Å². The van der Waals surface area contributed by atoms with Gasteiger partial charge in [-0.1, -0.05) is 18.2 Å². The minimum atomic E-state index is -1.17. The Kier molecular flexibility index (Phi) is 6.49. The van der Waals surface area contributed by atoms with Gasteiger partial charge in [-0.05, 0) is 13.0 Å². The number of nitrogens with zero attached hydrogens (tertiary/aromatic N) is 5. The van der Waals surface area contributed by atoms with E-state index in [0.29, 0.717) is 5.56 Å². The van der Waals surface area contributed by atoms with Crippen molar-refractivity contribution in [1.82, 2.24) is 20.4 Å². The number of amides is 1. The number of aromatic nitrogens is 3. The SMILES string of the molecule is CCOC(=O)/C(O)=C(/N=Nc1nc[nH]c1C#N)C(=O)N/N=C/c1c[nH]c2ccccc12. The number of carbonyl (C=O) groups excluding carboxylic acids is 2. The summed E-state index contributed by atoms with van der Waals surface area (Å²) in [4.78, 5) is 33.7. The molecule has 12 heteroatoms. The fraction of sp³-hybridized carbons (Fsp3) is 0.105. The van der Waals surface area contributed by atoms with Gasteiger partial charge in [-0.15, -0.1) is 10.2 Å². The standard InChI is InChI=1S/C19H16N8O4/c1-2-31-19(30)16(28)15(25-26-17-14(7-20)22-10-23-17)18(29)27-24-9-11-8-21-13-6-4-3-5-12(11)13/h3-6,8-10,21,28H,2H2,1H3,(H,22,23)(H,27,29)/b16-15-,24-9+,26-25?. The van der Waals surface area contributed by atoms with Gasteiger partial charge in [-0.25, -0.2) is 15.2 Å². The van der Waals surface area contributed by atoms with Gasteiger partial charge in [-0.2, -0.15) is 10.4 Å². The molecule has 0 aliphatic rings. The summed E-state index contributed by atoms with van der Waals surface area (Å²) >= 11 is 0. The predicted octanol–water partition coefficient (Wildman–Crippen LogP) is 2.33. The molecule has 12 nitrogen and oxygen atoms in total. The first-order chi connectivity index (χ1) is 15.0. The fourth-order valence-electron chi connectivity index (χ4n) is 2.45. The van der Waals surface area contributed by atoms with Crippen molar-refractivity contribution < 1.29 is 19.4 Å². The summed E-state index contributed by atoms with van der Waals surface area (Å²) in [5.41, 5.74) is 2.97. The normalized spacial score (nSPS) is 12.1. The molecule has 0 spiro atoms. The quantitative estimate of drug-likeness (QED) is 0.114. The number of H-pyrrole nitrogens is 2. The molecule has 0 radical (unpaired) electrons. The lowest BCUT2D eigenvalue weighted by atomic mass is 10.2. The number of imidazole rings is 1. The largest absolute Gasteiger partial charge is 0.500 e. The van der Waals surface area contributed by atoms with Gasteiger partial charge in [0, 0.05) is 22.7 Å². The van der Waals surface area contributed by atoms with Crippen LogP contribution in [0.15, 0.2) is 63.6 Å². The number of aliphatic hydroxyl groups is 1. The van der Waals surface area contributed by atoms with Gasteiger partial charge in [0.25, 0.3) is 5.91 Å². The van der Waals surface area contributed by atoms with Gasteiger partial charge in [0.2, 0.25) is 17.3 Å². The van der Waals surface area contributed by atoms with E-state index < -0.39 is 23.3 Å². The Labute approximate surface area is 175 Å². The second-order valence-corrected chi connectivity index (χ2v) is 5.82. The van der Waals surface area contributed by atoms with Gasteiger partial charge in [0.05, 0.1) is 19.1 Å². The molecule has 4 N–H and O–H groups in total. The topological polar surface area (TPSA) is 181 Å². The summed E-state index contributed by atoms with van der Waals surface area (Å²) in [6.45, 7) is 1.49. The van der Waals surface area contributed by atoms with Crippen LogP contribution in [-0.4, -0.2) is 44.8 Å². The van der Waals surface area contributed by atoms with Crippen molar-refractivity contribution in [3.63, 3.8) is 0 Å². The number of nitriles is 1. The first-order valence-electron chi connectivity index (χ1n) is 8.90. The zero-order valence-corrected chi connectivity index (χ0v) is 16.2. The molecule has 0 saturated heterocycles. The number of hydrazone groups is 1. The maximum absolute atomic E-state index is 12.5. The number of ether oxygens (including phenoxy) is 1. The lowest BCUT2D eigenvalue weighted by molar-refractivity contribution is -0.142. The molecule has 0 unspecified atom stereocenters. The zero-order valence-electron chi connectivity index (χ0n) is 16.2. The molecule has 0 fully saturated rings. The highest BCUT2D eigenvalue weighted by Crippen LogP contribution is 2.17. The monoisotopic (exact) mass is 420 g/mol. The van der Waals surface area contributed by atoms with Crippen LogP contribution >= 0.6 is 0 Å². The Morgan fingerprint density at radius 2 is 2.16 bits per heavy atom. The zero-order chi connectivity index (χ0) is 22.2. The second kappa shape index (κ2) is 9.61. The van der Waals surface area contributed by atoms with E-state index >= 15 is 0 Å². The molecule has 1 amide bonds. The number of para-hydroxylation sites is 1. The van der Waals surface area contributed by atoms with Crippen molar-refractivity contribution in [2.24, 2.45) is 15.3 Å². The number of azo groups is 1. The molecule has 2 aromatic heterocycles. The van der Waals surface area contributed by atoms with E-state index in [9.17, 15) is 14.7 Å². The van der Waals surface area contributed by atoms with E-state index in [1.165, 1.54) is 19.5 Å². The van der Waals surface area contributed by atoms with Crippen LogP contribution < -0.4 is 5.43 Å². The van der Waals surface area contributed by atoms with E-state index in [1.807, 2.05) is 24.3 Å². The number of aliphatic hydroxyl groups excluding tert-OH is 1. The van der Waals surface area contributed by atoms with Crippen molar-refractivity contribution in [2.75, 3.05) is 6.61 Å². The molecule has 156 valence electrons. The fourth-order valence-corrected chi connectivity index (χ4v) is 2.45. The Hall–Kier alpha value is -4.79. The molecule has 0 aliphatic carbocycles. The molecular weight excluding hydrogens is 404 g/mol. The van der Waals surface area contributed by atoms with Crippen LogP contribution in [0.3, 0.4) is 0 Å². The summed E-state index contributed by atoms with van der Waals surface area (Å²) < 4.78 is 4.68. The molecule has 3 rings (SSSR count). The van der Waals surface area contributed by atoms with Gasteiger partial charge in [0.1, 0.15) is 6.07 Å². The number of hydrogen-bond donors (Lipinski definition) is 4. The number of nitrogens with one attached hydrogen (secondary N) is 3. The van der Waals surface area contributed by atoms with Gasteiger partial charge in [-0.3, -0.25) is 4.79 Å². The summed E-state index contributed by atoms with van der Waals surface area (Å²) in [6.07, 6.45) is 4.29. The molecule has 0 aliphatic heterocycles. The Bertz CT molecular complexity index is 1250. The van der Waals surface area contributed by atoms with Gasteiger partial charge < -0.3 is 19.8 Å². The minimum Gasteiger partial charge on any atom is -0.500 e. The number of benzene rings is 1. The van der Waals surface area contributed by atoms with Crippen LogP contribution in [0.1, 0.15) is 18.2 Å². The highest BCUT2D eigenvalue weighted by molar-refractivity contribution is 6.02. The van der Waals surface area contributed by atoms with Crippen LogP contribution in [0.2, 0.25) is 0 Å². The van der Waals surface area contributed by atoms with E-state index in [1.54, 1.807) is 12.3 Å². The van der Waals surface area contributed by atoms with Crippen molar-refractivity contribution in [2.45, 2.75) is 6.92 Å².